The van der Waals surface area contributed by atoms with Gasteiger partial charge in [-0.05, 0) is 20.4 Å². The molecular weight excluding hydrogens is 133 g/mol. The van der Waals surface area contributed by atoms with Crippen LogP contribution in [0.4, 0.5) is 4.39 Å². The molecule has 1 N–H and O–H groups in total. The van der Waals surface area contributed by atoms with Crippen LogP contribution in [-0.2, 0) is 0 Å². The molecule has 0 aromatic rings. The monoisotopic (exact) mass is 147 g/mol. The molecule has 1 saturated heterocycles. The standard InChI is InChI=1S/C7H14FNO/c1-7(5-10)6(8)3-4-9(7)2/h6,10H,3-5H2,1-2H3/t6-,7-/m0/s1. The normalized spacial score (nSPS) is 42.6. The molecule has 1 fully saturated rings. The Hall–Kier alpha value is -0.150. The number of aliphatic hydroxyl groups is 1. The van der Waals surface area contributed by atoms with Crippen molar-refractivity contribution in [3.8, 4) is 0 Å². The first-order chi connectivity index (χ1) is 4.61. The predicted molar refractivity (Wildman–Crippen MR) is 37.6 cm³/mol. The molecule has 0 aromatic heterocycles. The minimum Gasteiger partial charge on any atom is -0.394 e. The van der Waals surface area contributed by atoms with Crippen LogP contribution < -0.4 is 0 Å². The van der Waals surface area contributed by atoms with E-state index >= 15 is 0 Å². The van der Waals surface area contributed by atoms with Crippen LogP contribution >= 0.6 is 0 Å². The van der Waals surface area contributed by atoms with Crippen LogP contribution in [0.1, 0.15) is 13.3 Å². The fourth-order valence-corrected chi connectivity index (χ4v) is 1.33. The van der Waals surface area contributed by atoms with E-state index < -0.39 is 11.7 Å². The van der Waals surface area contributed by atoms with E-state index in [1.165, 1.54) is 0 Å². The van der Waals surface area contributed by atoms with Crippen molar-refractivity contribution in [2.45, 2.75) is 25.1 Å². The Kier molecular flexibility index (Phi) is 1.97. The Labute approximate surface area is 60.6 Å². The first-order valence-electron chi connectivity index (χ1n) is 3.57. The summed E-state index contributed by atoms with van der Waals surface area (Å²) in [6.07, 6.45) is -0.324. The van der Waals surface area contributed by atoms with Gasteiger partial charge in [0.1, 0.15) is 6.17 Å². The zero-order valence-corrected chi connectivity index (χ0v) is 6.47. The van der Waals surface area contributed by atoms with E-state index in [-0.39, 0.29) is 6.61 Å². The van der Waals surface area contributed by atoms with E-state index in [9.17, 15) is 4.39 Å². The number of alkyl halides is 1. The summed E-state index contributed by atoms with van der Waals surface area (Å²) in [6.45, 7) is 2.41. The first kappa shape index (κ1) is 7.95. The zero-order chi connectivity index (χ0) is 7.78. The summed E-state index contributed by atoms with van der Waals surface area (Å²) in [5.41, 5.74) is -0.625. The second kappa shape index (κ2) is 2.47. The molecule has 1 aliphatic rings. The highest BCUT2D eigenvalue weighted by atomic mass is 19.1. The Morgan fingerprint density at radius 2 is 2.40 bits per heavy atom. The number of nitrogens with zero attached hydrogens (tertiary/aromatic N) is 1. The molecule has 10 heavy (non-hydrogen) atoms. The molecule has 1 aliphatic heterocycles. The smallest absolute Gasteiger partial charge is 0.122 e. The molecule has 60 valence electrons. The highest BCUT2D eigenvalue weighted by Gasteiger charge is 2.42. The molecule has 0 unspecified atom stereocenters. The SMILES string of the molecule is CN1CC[C@H](F)[C@]1(C)CO. The van der Waals surface area contributed by atoms with Crippen LogP contribution in [0, 0.1) is 0 Å². The highest BCUT2D eigenvalue weighted by Crippen LogP contribution is 2.29. The van der Waals surface area contributed by atoms with E-state index in [4.69, 9.17) is 5.11 Å². The summed E-state index contributed by atoms with van der Waals surface area (Å²) in [5, 5.41) is 8.88. The topological polar surface area (TPSA) is 23.5 Å². The largest absolute Gasteiger partial charge is 0.394 e. The highest BCUT2D eigenvalue weighted by molar-refractivity contribution is 4.97. The van der Waals surface area contributed by atoms with Gasteiger partial charge in [-0.15, -0.1) is 0 Å². The number of aliphatic hydroxyl groups excluding tert-OH is 1. The number of rotatable bonds is 1. The van der Waals surface area contributed by atoms with Crippen molar-refractivity contribution >= 4 is 0 Å². The molecule has 1 rings (SSSR count). The Balaban J connectivity index is 2.70. The number of hydrogen-bond acceptors (Lipinski definition) is 2. The van der Waals surface area contributed by atoms with Gasteiger partial charge in [-0.3, -0.25) is 4.90 Å². The fourth-order valence-electron chi connectivity index (χ4n) is 1.33. The molecule has 0 bridgehead atoms. The van der Waals surface area contributed by atoms with Gasteiger partial charge in [0, 0.05) is 6.54 Å². The lowest BCUT2D eigenvalue weighted by Gasteiger charge is -2.31. The maximum atomic E-state index is 13.0. The maximum Gasteiger partial charge on any atom is 0.122 e. The average molecular weight is 147 g/mol. The van der Waals surface area contributed by atoms with Crippen molar-refractivity contribution in [3.05, 3.63) is 0 Å². The van der Waals surface area contributed by atoms with Crippen LogP contribution in [0.5, 0.6) is 0 Å². The number of hydrogen-bond donors (Lipinski definition) is 1. The van der Waals surface area contributed by atoms with Crippen LogP contribution in [0.25, 0.3) is 0 Å². The lowest BCUT2D eigenvalue weighted by molar-refractivity contribution is 0.0508. The van der Waals surface area contributed by atoms with Crippen molar-refractivity contribution in [2.24, 2.45) is 0 Å². The van der Waals surface area contributed by atoms with Crippen molar-refractivity contribution in [1.29, 1.82) is 0 Å². The summed E-state index contributed by atoms with van der Waals surface area (Å²) in [6, 6.07) is 0. The molecule has 1 heterocycles. The first-order valence-corrected chi connectivity index (χ1v) is 3.57. The van der Waals surface area contributed by atoms with Gasteiger partial charge >= 0.3 is 0 Å². The third kappa shape index (κ3) is 0.935. The summed E-state index contributed by atoms with van der Waals surface area (Å²) in [7, 11) is 1.84. The average Bonchev–Trinajstić information content (AvgIpc) is 2.18. The van der Waals surface area contributed by atoms with E-state index in [0.29, 0.717) is 6.42 Å². The molecule has 2 nitrogen and oxygen atoms in total. The molecule has 0 aromatic carbocycles. The summed E-state index contributed by atoms with van der Waals surface area (Å²) < 4.78 is 13.0. The van der Waals surface area contributed by atoms with Gasteiger partial charge in [0.15, 0.2) is 0 Å². The number of likely N-dealkylation sites (N-methyl/N-ethyl adjacent to an activating group) is 1. The molecule has 0 saturated carbocycles. The van der Waals surface area contributed by atoms with Gasteiger partial charge in [0.2, 0.25) is 0 Å². The van der Waals surface area contributed by atoms with Gasteiger partial charge in [0.25, 0.3) is 0 Å². The molecule has 3 heteroatoms. The lowest BCUT2D eigenvalue weighted by Crippen LogP contribution is -2.47. The second-order valence-corrected chi connectivity index (χ2v) is 3.19. The Morgan fingerprint density at radius 1 is 1.80 bits per heavy atom. The number of halogens is 1. The van der Waals surface area contributed by atoms with Crippen LogP contribution in [0.3, 0.4) is 0 Å². The Bertz CT molecular complexity index is 119. The van der Waals surface area contributed by atoms with Crippen molar-refractivity contribution in [1.82, 2.24) is 4.90 Å². The molecule has 0 radical (unpaired) electrons. The molecule has 0 spiro atoms. The molecule has 0 aliphatic carbocycles. The molecular formula is C7H14FNO. The molecule has 2 atom stereocenters. The molecule has 0 amide bonds. The maximum absolute atomic E-state index is 13.0. The number of likely N-dealkylation sites (tertiary alicyclic amines) is 1. The van der Waals surface area contributed by atoms with E-state index in [2.05, 4.69) is 0 Å². The summed E-state index contributed by atoms with van der Waals surface area (Å²) >= 11 is 0. The van der Waals surface area contributed by atoms with E-state index in [0.717, 1.165) is 6.54 Å². The Morgan fingerprint density at radius 3 is 2.60 bits per heavy atom. The zero-order valence-electron chi connectivity index (χ0n) is 6.47. The quantitative estimate of drug-likeness (QED) is 0.580. The minimum absolute atomic E-state index is 0.0926. The summed E-state index contributed by atoms with van der Waals surface area (Å²) in [5.74, 6) is 0. The third-order valence-corrected chi connectivity index (χ3v) is 2.58. The summed E-state index contributed by atoms with van der Waals surface area (Å²) in [4.78, 5) is 1.87. The third-order valence-electron chi connectivity index (χ3n) is 2.58. The van der Waals surface area contributed by atoms with E-state index in [1.54, 1.807) is 6.92 Å². The van der Waals surface area contributed by atoms with Crippen molar-refractivity contribution in [3.63, 3.8) is 0 Å². The van der Waals surface area contributed by atoms with Gasteiger partial charge in [-0.25, -0.2) is 4.39 Å². The minimum atomic E-state index is -0.873. The van der Waals surface area contributed by atoms with Crippen LogP contribution in [0.2, 0.25) is 0 Å². The van der Waals surface area contributed by atoms with Gasteiger partial charge in [0.05, 0.1) is 12.1 Å². The lowest BCUT2D eigenvalue weighted by atomic mass is 9.99. The van der Waals surface area contributed by atoms with Gasteiger partial charge < -0.3 is 5.11 Å². The fraction of sp³-hybridized carbons (Fsp3) is 1.00. The second-order valence-electron chi connectivity index (χ2n) is 3.19. The van der Waals surface area contributed by atoms with Crippen LogP contribution in [-0.4, -0.2) is 41.9 Å². The predicted octanol–water partition coefficient (Wildman–Crippen LogP) is 0.411. The van der Waals surface area contributed by atoms with Gasteiger partial charge in [-0.1, -0.05) is 0 Å². The van der Waals surface area contributed by atoms with Crippen molar-refractivity contribution < 1.29 is 9.50 Å². The van der Waals surface area contributed by atoms with E-state index in [1.807, 2.05) is 11.9 Å². The van der Waals surface area contributed by atoms with Gasteiger partial charge in [-0.2, -0.15) is 0 Å². The van der Waals surface area contributed by atoms with Crippen LogP contribution in [0.15, 0.2) is 0 Å². The van der Waals surface area contributed by atoms with Crippen molar-refractivity contribution in [2.75, 3.05) is 20.2 Å².